The standard InChI is InChI=1S/C21H22N4O4/c1-4-28-18-8-6-5-7-15(18)12-22-20(26)13(2)25-21(27)17-11-19-16(9-10-29-19)24(17)14(3)23-25/h5-11,13H,4,12H2,1-3H3,(H,22,26)/t13-/m1/s1. The lowest BCUT2D eigenvalue weighted by molar-refractivity contribution is -0.124. The summed E-state index contributed by atoms with van der Waals surface area (Å²) >= 11 is 0. The van der Waals surface area contributed by atoms with Gasteiger partial charge < -0.3 is 14.5 Å². The molecule has 0 spiro atoms. The highest BCUT2D eigenvalue weighted by Gasteiger charge is 2.21. The summed E-state index contributed by atoms with van der Waals surface area (Å²) in [5.74, 6) is 1.02. The van der Waals surface area contributed by atoms with E-state index < -0.39 is 6.04 Å². The van der Waals surface area contributed by atoms with Crippen molar-refractivity contribution in [3.05, 3.63) is 64.4 Å². The molecular formula is C21H22N4O4. The number of para-hydroxylation sites is 1. The van der Waals surface area contributed by atoms with E-state index in [1.54, 1.807) is 36.6 Å². The molecule has 150 valence electrons. The second-order valence-corrected chi connectivity index (χ2v) is 6.77. The zero-order chi connectivity index (χ0) is 20.5. The van der Waals surface area contributed by atoms with Crippen LogP contribution in [0.4, 0.5) is 0 Å². The molecule has 0 aliphatic heterocycles. The van der Waals surface area contributed by atoms with Crippen molar-refractivity contribution in [2.45, 2.75) is 33.4 Å². The minimum Gasteiger partial charge on any atom is -0.494 e. The van der Waals surface area contributed by atoms with Gasteiger partial charge >= 0.3 is 0 Å². The molecule has 3 aromatic heterocycles. The molecule has 1 atom stereocenters. The number of carbonyl (C=O) groups excluding carboxylic acids is 1. The number of aryl methyl sites for hydroxylation is 1. The first-order chi connectivity index (χ1) is 14.0. The van der Waals surface area contributed by atoms with Gasteiger partial charge in [-0.05, 0) is 26.8 Å². The number of ether oxygens (including phenoxy) is 1. The number of nitrogens with one attached hydrogen (secondary N) is 1. The Kier molecular flexibility index (Phi) is 4.84. The summed E-state index contributed by atoms with van der Waals surface area (Å²) in [5, 5.41) is 7.23. The second-order valence-electron chi connectivity index (χ2n) is 6.77. The van der Waals surface area contributed by atoms with E-state index in [0.29, 0.717) is 30.1 Å². The number of hydrogen-bond acceptors (Lipinski definition) is 5. The number of aromatic nitrogens is 3. The van der Waals surface area contributed by atoms with Gasteiger partial charge in [-0.15, -0.1) is 0 Å². The Bertz CT molecular complexity index is 1250. The van der Waals surface area contributed by atoms with Crippen LogP contribution in [-0.4, -0.2) is 26.7 Å². The molecule has 0 saturated carbocycles. The van der Waals surface area contributed by atoms with Gasteiger partial charge in [0.25, 0.3) is 5.56 Å². The number of nitrogens with zero attached hydrogens (tertiary/aromatic N) is 3. The summed E-state index contributed by atoms with van der Waals surface area (Å²) in [4.78, 5) is 25.7. The number of carbonyl (C=O) groups is 1. The number of hydrogen-bond donors (Lipinski definition) is 1. The fraction of sp³-hybridized carbons (Fsp3) is 0.286. The molecule has 0 fully saturated rings. The van der Waals surface area contributed by atoms with Gasteiger partial charge in [0.15, 0.2) is 5.58 Å². The smallest absolute Gasteiger partial charge is 0.291 e. The van der Waals surface area contributed by atoms with Crippen LogP contribution in [0.2, 0.25) is 0 Å². The Morgan fingerprint density at radius 3 is 2.86 bits per heavy atom. The van der Waals surface area contributed by atoms with Crippen LogP contribution >= 0.6 is 0 Å². The highest BCUT2D eigenvalue weighted by Crippen LogP contribution is 2.21. The minimum absolute atomic E-state index is 0.299. The van der Waals surface area contributed by atoms with E-state index in [-0.39, 0.29) is 11.5 Å². The Morgan fingerprint density at radius 1 is 1.28 bits per heavy atom. The maximum atomic E-state index is 12.9. The zero-order valence-corrected chi connectivity index (χ0v) is 16.5. The molecule has 4 rings (SSSR count). The summed E-state index contributed by atoms with van der Waals surface area (Å²) in [6, 6.07) is 10.2. The van der Waals surface area contributed by atoms with E-state index in [9.17, 15) is 9.59 Å². The molecule has 0 aliphatic carbocycles. The molecule has 0 radical (unpaired) electrons. The van der Waals surface area contributed by atoms with Gasteiger partial charge in [-0.3, -0.25) is 14.0 Å². The first kappa shape index (κ1) is 18.8. The van der Waals surface area contributed by atoms with Crippen LogP contribution in [0.1, 0.15) is 31.3 Å². The molecule has 8 nitrogen and oxygen atoms in total. The Labute approximate surface area is 166 Å². The summed E-state index contributed by atoms with van der Waals surface area (Å²) in [5.41, 5.74) is 2.33. The molecule has 0 bridgehead atoms. The van der Waals surface area contributed by atoms with Crippen molar-refractivity contribution in [3.63, 3.8) is 0 Å². The molecule has 0 saturated heterocycles. The van der Waals surface area contributed by atoms with Crippen LogP contribution in [0.5, 0.6) is 5.75 Å². The van der Waals surface area contributed by atoms with Gasteiger partial charge in [-0.1, -0.05) is 18.2 Å². The summed E-state index contributed by atoms with van der Waals surface area (Å²) in [7, 11) is 0. The maximum Gasteiger partial charge on any atom is 0.291 e. The topological polar surface area (TPSA) is 90.8 Å². The van der Waals surface area contributed by atoms with Crippen LogP contribution in [0.25, 0.3) is 16.6 Å². The summed E-state index contributed by atoms with van der Waals surface area (Å²) in [6.07, 6.45) is 1.57. The van der Waals surface area contributed by atoms with Crippen molar-refractivity contribution in [1.82, 2.24) is 19.5 Å². The third-order valence-electron chi connectivity index (χ3n) is 4.90. The molecule has 8 heteroatoms. The quantitative estimate of drug-likeness (QED) is 0.543. The maximum absolute atomic E-state index is 12.9. The van der Waals surface area contributed by atoms with E-state index in [1.165, 1.54) is 4.68 Å². The lowest BCUT2D eigenvalue weighted by Crippen LogP contribution is -2.38. The Hall–Kier alpha value is -3.55. The first-order valence-corrected chi connectivity index (χ1v) is 9.47. The van der Waals surface area contributed by atoms with Crippen LogP contribution in [0.15, 0.2) is 51.9 Å². The third kappa shape index (κ3) is 3.26. The molecule has 1 amide bonds. The van der Waals surface area contributed by atoms with Gasteiger partial charge in [-0.25, -0.2) is 4.68 Å². The number of amides is 1. The van der Waals surface area contributed by atoms with Crippen molar-refractivity contribution < 1.29 is 13.9 Å². The van der Waals surface area contributed by atoms with E-state index in [2.05, 4.69) is 10.4 Å². The average Bonchev–Trinajstić information content (AvgIpc) is 3.31. The molecule has 0 unspecified atom stereocenters. The van der Waals surface area contributed by atoms with Crippen molar-refractivity contribution in [1.29, 1.82) is 0 Å². The normalized spacial score (nSPS) is 12.4. The van der Waals surface area contributed by atoms with Gasteiger partial charge in [0.2, 0.25) is 5.91 Å². The van der Waals surface area contributed by atoms with Crippen LogP contribution in [-0.2, 0) is 11.3 Å². The fourth-order valence-electron chi connectivity index (χ4n) is 3.44. The van der Waals surface area contributed by atoms with Gasteiger partial charge in [0, 0.05) is 24.2 Å². The van der Waals surface area contributed by atoms with E-state index in [4.69, 9.17) is 9.15 Å². The number of furan rings is 1. The van der Waals surface area contributed by atoms with Crippen LogP contribution in [0, 0.1) is 6.92 Å². The van der Waals surface area contributed by atoms with E-state index >= 15 is 0 Å². The Balaban J connectivity index is 1.60. The van der Waals surface area contributed by atoms with Crippen molar-refractivity contribution in [3.8, 4) is 5.75 Å². The van der Waals surface area contributed by atoms with Crippen molar-refractivity contribution in [2.75, 3.05) is 6.61 Å². The minimum atomic E-state index is -0.772. The molecule has 29 heavy (non-hydrogen) atoms. The first-order valence-electron chi connectivity index (χ1n) is 9.47. The van der Waals surface area contributed by atoms with Gasteiger partial charge in [-0.2, -0.15) is 5.10 Å². The summed E-state index contributed by atoms with van der Waals surface area (Å²) < 4.78 is 13.9. The SMILES string of the molecule is CCOc1ccccc1CNC(=O)[C@@H](C)n1nc(C)n2c(cc3occc32)c1=O. The van der Waals surface area contributed by atoms with E-state index in [0.717, 1.165) is 16.8 Å². The highest BCUT2D eigenvalue weighted by molar-refractivity contribution is 5.83. The molecule has 1 N–H and O–H groups in total. The van der Waals surface area contributed by atoms with Gasteiger partial charge in [0.05, 0.1) is 18.4 Å². The van der Waals surface area contributed by atoms with Gasteiger partial charge in [0.1, 0.15) is 23.1 Å². The second kappa shape index (κ2) is 7.46. The fourth-order valence-corrected chi connectivity index (χ4v) is 3.44. The molecule has 0 aliphatic rings. The van der Waals surface area contributed by atoms with Crippen molar-refractivity contribution in [2.24, 2.45) is 0 Å². The lowest BCUT2D eigenvalue weighted by Gasteiger charge is -2.16. The average molecular weight is 394 g/mol. The van der Waals surface area contributed by atoms with Crippen molar-refractivity contribution >= 4 is 22.5 Å². The third-order valence-corrected chi connectivity index (χ3v) is 4.90. The molecule has 4 aromatic rings. The Morgan fingerprint density at radius 2 is 2.07 bits per heavy atom. The number of benzene rings is 1. The molecule has 3 heterocycles. The lowest BCUT2D eigenvalue weighted by atomic mass is 10.2. The number of fused-ring (bicyclic) bond motifs is 3. The largest absolute Gasteiger partial charge is 0.494 e. The van der Waals surface area contributed by atoms with Crippen LogP contribution < -0.4 is 15.6 Å². The van der Waals surface area contributed by atoms with E-state index in [1.807, 2.05) is 31.2 Å². The number of rotatable bonds is 6. The summed E-state index contributed by atoms with van der Waals surface area (Å²) in [6.45, 7) is 6.19. The zero-order valence-electron chi connectivity index (χ0n) is 16.5. The monoisotopic (exact) mass is 394 g/mol. The molecular weight excluding hydrogens is 372 g/mol. The predicted octanol–water partition coefficient (Wildman–Crippen LogP) is 2.83. The predicted molar refractivity (Wildman–Crippen MR) is 108 cm³/mol. The van der Waals surface area contributed by atoms with Crippen LogP contribution in [0.3, 0.4) is 0 Å². The highest BCUT2D eigenvalue weighted by atomic mass is 16.5. The molecule has 1 aromatic carbocycles.